The summed E-state index contributed by atoms with van der Waals surface area (Å²) in [5.41, 5.74) is 1.05. The van der Waals surface area contributed by atoms with Gasteiger partial charge in [0.1, 0.15) is 5.82 Å². The zero-order valence-corrected chi connectivity index (χ0v) is 20.2. The average molecular weight is 490 g/mol. The lowest BCUT2D eigenvalue weighted by atomic mass is 9.82. The molecule has 2 saturated heterocycles. The van der Waals surface area contributed by atoms with Gasteiger partial charge in [0.25, 0.3) is 12.9 Å². The number of carbonyl (C=O) groups is 3. The van der Waals surface area contributed by atoms with E-state index in [1.165, 1.54) is 5.56 Å². The van der Waals surface area contributed by atoms with Crippen molar-refractivity contribution < 1.29 is 29.7 Å². The molecule has 1 aromatic heterocycles. The van der Waals surface area contributed by atoms with Crippen LogP contribution in [-0.4, -0.2) is 112 Å². The van der Waals surface area contributed by atoms with Gasteiger partial charge in [0.15, 0.2) is 0 Å². The van der Waals surface area contributed by atoms with Crippen LogP contribution in [0.3, 0.4) is 0 Å². The van der Waals surface area contributed by atoms with E-state index in [-0.39, 0.29) is 30.9 Å². The molecule has 2 aliphatic rings. The molecule has 0 aliphatic carbocycles. The van der Waals surface area contributed by atoms with E-state index in [0.29, 0.717) is 19.0 Å². The Labute approximate surface area is 205 Å². The monoisotopic (exact) mass is 489 g/mol. The molecule has 0 radical (unpaired) electrons. The van der Waals surface area contributed by atoms with E-state index in [1.807, 2.05) is 42.4 Å². The molecule has 0 saturated carbocycles. The van der Waals surface area contributed by atoms with Crippen LogP contribution >= 0.6 is 0 Å². The standard InChI is InChI=1S/C22H31N5O2.2CH2O2/c1-24(2)14-21(29)27-12-19-11-25(15-22(19,16-27)17-28)13-20-23-8-9-26(20)10-18-6-4-3-5-7-18;2*2-1-3/h3-9,19,28H,10-17H2,1-2H3;2*1H,(H,2,3)/t19-,22+;;/m0../s1. The van der Waals surface area contributed by atoms with Gasteiger partial charge >= 0.3 is 0 Å². The number of aliphatic hydroxyl groups is 1. The Bertz CT molecular complexity index is 931. The van der Waals surface area contributed by atoms with Crippen LogP contribution < -0.4 is 0 Å². The van der Waals surface area contributed by atoms with Crippen molar-refractivity contribution >= 4 is 18.9 Å². The van der Waals surface area contributed by atoms with Gasteiger partial charge in [0.05, 0.1) is 19.7 Å². The molecule has 2 aromatic rings. The molecule has 2 aliphatic heterocycles. The second kappa shape index (κ2) is 13.6. The average Bonchev–Trinajstić information content (AvgIpc) is 3.48. The second-order valence-corrected chi connectivity index (χ2v) is 9.07. The molecule has 0 unspecified atom stereocenters. The van der Waals surface area contributed by atoms with Crippen molar-refractivity contribution in [1.82, 2.24) is 24.3 Å². The van der Waals surface area contributed by atoms with Gasteiger partial charge < -0.3 is 29.7 Å². The Hall–Kier alpha value is -3.28. The van der Waals surface area contributed by atoms with Crippen LogP contribution in [0.25, 0.3) is 0 Å². The molecular formula is C24H35N5O6. The number of likely N-dealkylation sites (tertiary alicyclic amines) is 2. The van der Waals surface area contributed by atoms with Gasteiger partial charge in [-0.15, -0.1) is 0 Å². The molecule has 2 fully saturated rings. The third-order valence-corrected chi connectivity index (χ3v) is 6.31. The number of nitrogens with zero attached hydrogens (tertiary/aromatic N) is 5. The number of aliphatic hydroxyl groups excluding tert-OH is 1. The van der Waals surface area contributed by atoms with E-state index in [1.54, 1.807) is 0 Å². The smallest absolute Gasteiger partial charge is 0.290 e. The van der Waals surface area contributed by atoms with Gasteiger partial charge in [-0.2, -0.15) is 0 Å². The number of fused-ring (bicyclic) bond motifs is 1. The number of carbonyl (C=O) groups excluding carboxylic acids is 1. The maximum Gasteiger partial charge on any atom is 0.290 e. The van der Waals surface area contributed by atoms with Gasteiger partial charge in [-0.25, -0.2) is 4.98 Å². The number of amides is 1. The summed E-state index contributed by atoms with van der Waals surface area (Å²) in [5.74, 6) is 1.51. The number of aromatic nitrogens is 2. The minimum Gasteiger partial charge on any atom is -0.483 e. The Morgan fingerprint density at radius 1 is 1.11 bits per heavy atom. The summed E-state index contributed by atoms with van der Waals surface area (Å²) in [6.07, 6.45) is 3.89. The third kappa shape index (κ3) is 7.61. The van der Waals surface area contributed by atoms with Crippen molar-refractivity contribution in [3.05, 3.63) is 54.1 Å². The molecule has 4 rings (SSSR count). The molecule has 192 valence electrons. The summed E-state index contributed by atoms with van der Waals surface area (Å²) in [6, 6.07) is 10.4. The Morgan fingerprint density at radius 3 is 2.34 bits per heavy atom. The molecule has 1 amide bonds. The van der Waals surface area contributed by atoms with Crippen LogP contribution in [0.2, 0.25) is 0 Å². The van der Waals surface area contributed by atoms with Gasteiger partial charge in [0.2, 0.25) is 5.91 Å². The summed E-state index contributed by atoms with van der Waals surface area (Å²) >= 11 is 0. The highest BCUT2D eigenvalue weighted by molar-refractivity contribution is 5.78. The van der Waals surface area contributed by atoms with Gasteiger partial charge in [-0.05, 0) is 25.6 Å². The minimum absolute atomic E-state index is 0.123. The fraction of sp³-hybridized carbons (Fsp3) is 0.500. The number of carboxylic acid groups (broad SMARTS) is 2. The maximum absolute atomic E-state index is 12.5. The predicted octanol–water partition coefficient (Wildman–Crippen LogP) is 0.147. The molecule has 1 aromatic carbocycles. The second-order valence-electron chi connectivity index (χ2n) is 9.07. The maximum atomic E-state index is 12.5. The first-order valence-electron chi connectivity index (χ1n) is 11.3. The Kier molecular flexibility index (Phi) is 10.8. The summed E-state index contributed by atoms with van der Waals surface area (Å²) in [6.45, 7) is 4.71. The summed E-state index contributed by atoms with van der Waals surface area (Å²) < 4.78 is 2.20. The zero-order valence-electron chi connectivity index (χ0n) is 20.2. The lowest BCUT2D eigenvalue weighted by molar-refractivity contribution is -0.131. The van der Waals surface area contributed by atoms with E-state index >= 15 is 0 Å². The predicted molar refractivity (Wildman–Crippen MR) is 129 cm³/mol. The number of benzene rings is 1. The summed E-state index contributed by atoms with van der Waals surface area (Å²) in [4.78, 5) is 40.0. The summed E-state index contributed by atoms with van der Waals surface area (Å²) in [5, 5.41) is 24.0. The zero-order chi connectivity index (χ0) is 25.8. The first-order chi connectivity index (χ1) is 16.8. The molecule has 11 nitrogen and oxygen atoms in total. The molecule has 3 N–H and O–H groups in total. The number of hydrogen-bond acceptors (Lipinski definition) is 7. The molecule has 3 heterocycles. The van der Waals surface area contributed by atoms with Crippen molar-refractivity contribution in [2.45, 2.75) is 13.1 Å². The van der Waals surface area contributed by atoms with E-state index in [4.69, 9.17) is 19.8 Å². The minimum atomic E-state index is -0.250. The van der Waals surface area contributed by atoms with Gasteiger partial charge in [0, 0.05) is 50.5 Å². The van der Waals surface area contributed by atoms with Crippen molar-refractivity contribution in [2.24, 2.45) is 11.3 Å². The molecular weight excluding hydrogens is 454 g/mol. The first kappa shape index (κ1) is 28.0. The Balaban J connectivity index is 0.000000655. The van der Waals surface area contributed by atoms with Gasteiger partial charge in [-0.1, -0.05) is 30.3 Å². The van der Waals surface area contributed by atoms with E-state index < -0.39 is 0 Å². The van der Waals surface area contributed by atoms with Crippen LogP contribution in [-0.2, 0) is 27.5 Å². The Morgan fingerprint density at radius 2 is 1.77 bits per heavy atom. The van der Waals surface area contributed by atoms with Crippen LogP contribution in [0.1, 0.15) is 11.4 Å². The fourth-order valence-electron chi connectivity index (χ4n) is 4.81. The largest absolute Gasteiger partial charge is 0.483 e. The van der Waals surface area contributed by atoms with Crippen molar-refractivity contribution in [3.8, 4) is 0 Å². The molecule has 35 heavy (non-hydrogen) atoms. The van der Waals surface area contributed by atoms with Crippen LogP contribution in [0.15, 0.2) is 42.7 Å². The molecule has 0 spiro atoms. The van der Waals surface area contributed by atoms with E-state index in [2.05, 4.69) is 38.7 Å². The highest BCUT2D eigenvalue weighted by atomic mass is 16.3. The van der Waals surface area contributed by atoms with Crippen molar-refractivity contribution in [2.75, 3.05) is 53.4 Å². The van der Waals surface area contributed by atoms with Crippen molar-refractivity contribution in [3.63, 3.8) is 0 Å². The lowest BCUT2D eigenvalue weighted by Crippen LogP contribution is -2.41. The number of hydrogen-bond donors (Lipinski definition) is 3. The topological polar surface area (TPSA) is 139 Å². The molecule has 11 heteroatoms. The highest BCUT2D eigenvalue weighted by Gasteiger charge is 2.53. The molecule has 0 bridgehead atoms. The van der Waals surface area contributed by atoms with Gasteiger partial charge in [-0.3, -0.25) is 19.3 Å². The normalized spacial score (nSPS) is 20.9. The number of rotatable bonds is 7. The fourth-order valence-corrected chi connectivity index (χ4v) is 4.81. The quantitative estimate of drug-likeness (QED) is 0.464. The van der Waals surface area contributed by atoms with Crippen LogP contribution in [0.5, 0.6) is 0 Å². The highest BCUT2D eigenvalue weighted by Crippen LogP contribution is 2.42. The number of imidazole rings is 1. The lowest BCUT2D eigenvalue weighted by Gasteiger charge is -2.27. The SMILES string of the molecule is CN(C)CC(=O)N1C[C@@H]2CN(Cc3nccn3Cc3ccccc3)C[C@]2(CO)C1.O=CO.O=CO. The number of likely N-dealkylation sites (N-methyl/N-ethyl adjacent to an activating group) is 1. The van der Waals surface area contributed by atoms with Crippen LogP contribution in [0.4, 0.5) is 0 Å². The third-order valence-electron chi connectivity index (χ3n) is 6.31. The first-order valence-corrected chi connectivity index (χ1v) is 11.3. The van der Waals surface area contributed by atoms with Crippen LogP contribution in [0, 0.1) is 11.3 Å². The van der Waals surface area contributed by atoms with E-state index in [9.17, 15) is 9.90 Å². The van der Waals surface area contributed by atoms with E-state index in [0.717, 1.165) is 38.5 Å². The van der Waals surface area contributed by atoms with Crippen molar-refractivity contribution in [1.29, 1.82) is 0 Å². The summed E-state index contributed by atoms with van der Waals surface area (Å²) in [7, 11) is 3.83. The molecule has 2 atom stereocenters.